The van der Waals surface area contributed by atoms with Gasteiger partial charge in [0.25, 0.3) is 0 Å². The molecule has 1 fully saturated rings. The molecule has 2 atom stereocenters. The van der Waals surface area contributed by atoms with E-state index in [0.29, 0.717) is 0 Å². The molecule has 1 rings (SSSR count). The molecule has 0 N–H and O–H groups in total. The Morgan fingerprint density at radius 3 is 2.05 bits per heavy atom. The Balaban J connectivity index is 2.86. The summed E-state index contributed by atoms with van der Waals surface area (Å²) in [5.41, 5.74) is -1.29. The molecule has 0 saturated carbocycles. The van der Waals surface area contributed by atoms with Crippen molar-refractivity contribution in [2.45, 2.75) is 65.2 Å². The molecule has 0 aromatic carbocycles. The SMILES string of the molecule is CC(C)(C)OC(=O)[C@@H]1CC(C#N)CN1C(=O)OC(C)(C)C. The van der Waals surface area contributed by atoms with E-state index in [1.165, 1.54) is 4.90 Å². The number of rotatable bonds is 1. The molecule has 1 aliphatic heterocycles. The molecule has 1 aliphatic rings. The Morgan fingerprint density at radius 2 is 1.62 bits per heavy atom. The van der Waals surface area contributed by atoms with Gasteiger partial charge in [0.2, 0.25) is 0 Å². The molecule has 1 heterocycles. The van der Waals surface area contributed by atoms with Crippen LogP contribution in [0.3, 0.4) is 0 Å². The van der Waals surface area contributed by atoms with Crippen molar-refractivity contribution in [3.05, 3.63) is 0 Å². The van der Waals surface area contributed by atoms with Gasteiger partial charge in [-0.1, -0.05) is 0 Å². The minimum atomic E-state index is -0.760. The molecule has 1 unspecified atom stereocenters. The van der Waals surface area contributed by atoms with E-state index >= 15 is 0 Å². The van der Waals surface area contributed by atoms with Crippen molar-refractivity contribution < 1.29 is 19.1 Å². The van der Waals surface area contributed by atoms with Gasteiger partial charge in [-0.2, -0.15) is 5.26 Å². The fraction of sp³-hybridized carbons (Fsp3) is 0.800. The molecule has 6 nitrogen and oxygen atoms in total. The first kappa shape index (κ1) is 17.3. The lowest BCUT2D eigenvalue weighted by molar-refractivity contribution is -0.160. The molecule has 1 amide bonds. The van der Waals surface area contributed by atoms with Gasteiger partial charge in [-0.3, -0.25) is 4.90 Å². The van der Waals surface area contributed by atoms with Crippen molar-refractivity contribution in [1.82, 2.24) is 4.90 Å². The number of ether oxygens (including phenoxy) is 2. The maximum Gasteiger partial charge on any atom is 0.411 e. The number of amides is 1. The number of carbonyl (C=O) groups is 2. The van der Waals surface area contributed by atoms with Crippen LogP contribution < -0.4 is 0 Å². The Hall–Kier alpha value is -1.77. The maximum atomic E-state index is 12.2. The van der Waals surface area contributed by atoms with Gasteiger partial charge in [0.1, 0.15) is 17.2 Å². The topological polar surface area (TPSA) is 79.6 Å². The minimum Gasteiger partial charge on any atom is -0.458 e. The van der Waals surface area contributed by atoms with Crippen molar-refractivity contribution in [3.63, 3.8) is 0 Å². The zero-order valence-electron chi connectivity index (χ0n) is 13.6. The summed E-state index contributed by atoms with van der Waals surface area (Å²) in [6.45, 7) is 10.7. The molecular weight excluding hydrogens is 272 g/mol. The van der Waals surface area contributed by atoms with Crippen LogP contribution in [0.5, 0.6) is 0 Å². The van der Waals surface area contributed by atoms with Gasteiger partial charge in [0.05, 0.1) is 12.0 Å². The Labute approximate surface area is 126 Å². The predicted molar refractivity (Wildman–Crippen MR) is 76.3 cm³/mol. The van der Waals surface area contributed by atoms with Gasteiger partial charge in [-0.25, -0.2) is 9.59 Å². The van der Waals surface area contributed by atoms with Crippen LogP contribution in [0.2, 0.25) is 0 Å². The van der Waals surface area contributed by atoms with E-state index < -0.39 is 29.3 Å². The number of nitriles is 1. The van der Waals surface area contributed by atoms with Gasteiger partial charge in [0, 0.05) is 6.54 Å². The quantitative estimate of drug-likeness (QED) is 0.694. The second-order valence-corrected chi connectivity index (χ2v) is 7.24. The van der Waals surface area contributed by atoms with Crippen molar-refractivity contribution in [2.24, 2.45) is 5.92 Å². The molecule has 0 bridgehead atoms. The molecule has 0 radical (unpaired) electrons. The average molecular weight is 296 g/mol. The summed E-state index contributed by atoms with van der Waals surface area (Å²) in [5.74, 6) is -0.874. The molecule has 6 heteroatoms. The smallest absolute Gasteiger partial charge is 0.411 e. The summed E-state index contributed by atoms with van der Waals surface area (Å²) < 4.78 is 10.6. The molecule has 0 aliphatic carbocycles. The third kappa shape index (κ3) is 5.25. The average Bonchev–Trinajstić information content (AvgIpc) is 2.68. The molecular formula is C15H24N2O4. The van der Waals surface area contributed by atoms with Crippen molar-refractivity contribution in [1.29, 1.82) is 5.26 Å². The van der Waals surface area contributed by atoms with Crippen LogP contribution in [0, 0.1) is 17.2 Å². The van der Waals surface area contributed by atoms with Crippen LogP contribution in [0.4, 0.5) is 4.79 Å². The monoisotopic (exact) mass is 296 g/mol. The summed E-state index contributed by atoms with van der Waals surface area (Å²) in [6, 6.07) is 1.34. The van der Waals surface area contributed by atoms with Crippen molar-refractivity contribution in [2.75, 3.05) is 6.54 Å². The molecule has 0 aromatic rings. The van der Waals surface area contributed by atoms with Crippen LogP contribution in [0.25, 0.3) is 0 Å². The highest BCUT2D eigenvalue weighted by atomic mass is 16.6. The normalized spacial score (nSPS) is 22.6. The zero-order valence-corrected chi connectivity index (χ0v) is 13.6. The highest BCUT2D eigenvalue weighted by Crippen LogP contribution is 2.27. The van der Waals surface area contributed by atoms with E-state index in [2.05, 4.69) is 6.07 Å². The van der Waals surface area contributed by atoms with Gasteiger partial charge >= 0.3 is 12.1 Å². The van der Waals surface area contributed by atoms with E-state index in [1.54, 1.807) is 41.5 Å². The molecule has 1 saturated heterocycles. The van der Waals surface area contributed by atoms with Gasteiger partial charge < -0.3 is 9.47 Å². The largest absolute Gasteiger partial charge is 0.458 e. The lowest BCUT2D eigenvalue weighted by atomic mass is 10.1. The second kappa shape index (κ2) is 5.92. The van der Waals surface area contributed by atoms with Gasteiger partial charge in [-0.15, -0.1) is 0 Å². The molecule has 0 spiro atoms. The Morgan fingerprint density at radius 1 is 1.10 bits per heavy atom. The van der Waals surface area contributed by atoms with Crippen LogP contribution in [-0.2, 0) is 14.3 Å². The summed E-state index contributed by atoms with van der Waals surface area (Å²) in [4.78, 5) is 25.7. The Kier molecular flexibility index (Phi) is 4.87. The number of carbonyl (C=O) groups excluding carboxylic acids is 2. The van der Waals surface area contributed by atoms with Crippen LogP contribution in [-0.4, -0.2) is 40.8 Å². The fourth-order valence-electron chi connectivity index (χ4n) is 2.05. The standard InChI is InChI=1S/C15H24N2O4/c1-14(2,3)20-12(18)11-7-10(8-16)9-17(11)13(19)21-15(4,5)6/h10-11H,7,9H2,1-6H3/t10?,11-/m0/s1. The highest BCUT2D eigenvalue weighted by molar-refractivity contribution is 5.82. The summed E-state index contributed by atoms with van der Waals surface area (Å²) in [5, 5.41) is 9.05. The molecule has 21 heavy (non-hydrogen) atoms. The summed E-state index contributed by atoms with van der Waals surface area (Å²) in [7, 11) is 0. The van der Waals surface area contributed by atoms with Gasteiger partial charge in [0.15, 0.2) is 0 Å². The van der Waals surface area contributed by atoms with E-state index in [0.717, 1.165) is 0 Å². The van der Waals surface area contributed by atoms with E-state index in [1.807, 2.05) is 0 Å². The summed E-state index contributed by atoms with van der Waals surface area (Å²) in [6.07, 6.45) is -0.305. The van der Waals surface area contributed by atoms with Gasteiger partial charge in [-0.05, 0) is 48.0 Å². The first-order valence-electron chi connectivity index (χ1n) is 7.05. The molecule has 0 aromatic heterocycles. The fourth-order valence-corrected chi connectivity index (χ4v) is 2.05. The van der Waals surface area contributed by atoms with E-state index in [4.69, 9.17) is 14.7 Å². The van der Waals surface area contributed by atoms with Crippen molar-refractivity contribution >= 4 is 12.1 Å². The maximum absolute atomic E-state index is 12.2. The zero-order chi connectivity index (χ0) is 16.4. The Bertz CT molecular complexity index is 418. The highest BCUT2D eigenvalue weighted by Gasteiger charge is 2.43. The second-order valence-electron chi connectivity index (χ2n) is 7.24. The number of hydrogen-bond acceptors (Lipinski definition) is 5. The molecule has 118 valence electrons. The third-order valence-corrected chi connectivity index (χ3v) is 2.79. The first-order valence-corrected chi connectivity index (χ1v) is 7.05. The third-order valence-electron chi connectivity index (χ3n) is 2.79. The number of likely N-dealkylation sites (tertiary alicyclic amines) is 1. The van der Waals surface area contributed by atoms with Crippen LogP contribution >= 0.6 is 0 Å². The summed E-state index contributed by atoms with van der Waals surface area (Å²) >= 11 is 0. The first-order chi connectivity index (χ1) is 9.43. The van der Waals surface area contributed by atoms with E-state index in [-0.39, 0.29) is 18.9 Å². The van der Waals surface area contributed by atoms with Crippen LogP contribution in [0.1, 0.15) is 48.0 Å². The lowest BCUT2D eigenvalue weighted by Crippen LogP contribution is -2.45. The van der Waals surface area contributed by atoms with E-state index in [9.17, 15) is 9.59 Å². The number of esters is 1. The predicted octanol–water partition coefficient (Wildman–Crippen LogP) is 2.48. The van der Waals surface area contributed by atoms with Crippen molar-refractivity contribution in [3.8, 4) is 6.07 Å². The van der Waals surface area contributed by atoms with Crippen LogP contribution in [0.15, 0.2) is 0 Å². The number of hydrogen-bond donors (Lipinski definition) is 0. The lowest BCUT2D eigenvalue weighted by Gasteiger charge is -2.29. The number of nitrogens with zero attached hydrogens (tertiary/aromatic N) is 2. The minimum absolute atomic E-state index is 0.190.